The largest absolute Gasteiger partial charge is 0.418 e. The van der Waals surface area contributed by atoms with Crippen LogP contribution in [0.2, 0.25) is 0 Å². The van der Waals surface area contributed by atoms with Crippen molar-refractivity contribution < 1.29 is 18.0 Å². The average molecular weight is 486 g/mol. The highest BCUT2D eigenvalue weighted by molar-refractivity contribution is 8.02. The average Bonchev–Trinajstić information content (AvgIpc) is 3.40. The first-order valence-electron chi connectivity index (χ1n) is 10.2. The highest BCUT2D eigenvalue weighted by Gasteiger charge is 2.34. The molecule has 0 radical (unpaired) electrons. The second-order valence-electron chi connectivity index (χ2n) is 7.72. The highest BCUT2D eigenvalue weighted by Crippen LogP contribution is 2.36. The van der Waals surface area contributed by atoms with Gasteiger partial charge in [0.2, 0.25) is 5.95 Å². The summed E-state index contributed by atoms with van der Waals surface area (Å²) in [6.07, 6.45) is 0.164. The van der Waals surface area contributed by atoms with Gasteiger partial charge in [0.05, 0.1) is 22.8 Å². The summed E-state index contributed by atoms with van der Waals surface area (Å²) < 4.78 is 44.3. The van der Waals surface area contributed by atoms with Gasteiger partial charge in [-0.2, -0.15) is 22.8 Å². The Balaban J connectivity index is 1.75. The van der Waals surface area contributed by atoms with E-state index in [9.17, 15) is 18.0 Å². The van der Waals surface area contributed by atoms with Crippen molar-refractivity contribution in [3.05, 3.63) is 47.3 Å². The van der Waals surface area contributed by atoms with Crippen molar-refractivity contribution in [3.8, 4) is 11.4 Å². The lowest BCUT2D eigenvalue weighted by molar-refractivity contribution is -0.136. The zero-order chi connectivity index (χ0) is 24.0. The minimum Gasteiger partial charge on any atom is -0.319 e. The van der Waals surface area contributed by atoms with Crippen molar-refractivity contribution in [1.29, 1.82) is 0 Å². The van der Waals surface area contributed by atoms with E-state index >= 15 is 0 Å². The molecular formula is C21H17F3N8OS. The van der Waals surface area contributed by atoms with E-state index in [1.54, 1.807) is 22.5 Å². The molecule has 13 heteroatoms. The minimum atomic E-state index is -4.64. The Morgan fingerprint density at radius 3 is 2.76 bits per heavy atom. The first-order chi connectivity index (χ1) is 16.2. The molecular weight excluding hydrogens is 469 g/mol. The number of benzene rings is 1. The Kier molecular flexibility index (Phi) is 5.35. The number of anilines is 1. The van der Waals surface area contributed by atoms with Crippen LogP contribution in [-0.2, 0) is 11.0 Å². The van der Waals surface area contributed by atoms with E-state index in [0.29, 0.717) is 11.3 Å². The van der Waals surface area contributed by atoms with Crippen molar-refractivity contribution in [1.82, 2.24) is 29.4 Å². The zero-order valence-corrected chi connectivity index (χ0v) is 18.7. The molecule has 1 amide bonds. The SMILES string of the molecule is CC(C)n1cc(-c2nc3c4cccc(C(F)(F)F)c4nc(NC4=CSCC=NC4=O)n3n2)cn1. The third kappa shape index (κ3) is 3.91. The van der Waals surface area contributed by atoms with Crippen LogP contribution in [0.25, 0.3) is 27.9 Å². The van der Waals surface area contributed by atoms with E-state index in [0.717, 1.165) is 6.07 Å². The monoisotopic (exact) mass is 486 g/mol. The van der Waals surface area contributed by atoms with E-state index in [1.165, 1.54) is 34.6 Å². The highest BCUT2D eigenvalue weighted by atomic mass is 32.2. The number of carbonyl (C=O) groups is 1. The second-order valence-corrected chi connectivity index (χ2v) is 8.62. The molecule has 0 unspecified atom stereocenters. The van der Waals surface area contributed by atoms with Crippen molar-refractivity contribution in [2.24, 2.45) is 4.99 Å². The molecule has 9 nitrogen and oxygen atoms in total. The van der Waals surface area contributed by atoms with Crippen molar-refractivity contribution >= 4 is 46.4 Å². The normalized spacial score (nSPS) is 14.8. The Hall–Kier alpha value is -3.74. The number of halogens is 3. The lowest BCUT2D eigenvalue weighted by Crippen LogP contribution is -2.14. The Morgan fingerprint density at radius 1 is 1.21 bits per heavy atom. The van der Waals surface area contributed by atoms with Crippen LogP contribution in [0, 0.1) is 0 Å². The number of carbonyl (C=O) groups excluding carboxylic acids is 1. The molecule has 0 spiro atoms. The third-order valence-corrected chi connectivity index (χ3v) is 5.80. The summed E-state index contributed by atoms with van der Waals surface area (Å²) in [6, 6.07) is 3.86. The fourth-order valence-electron chi connectivity index (χ4n) is 3.42. The van der Waals surface area contributed by atoms with E-state index in [1.807, 2.05) is 13.8 Å². The first-order valence-corrected chi connectivity index (χ1v) is 11.2. The van der Waals surface area contributed by atoms with Crippen molar-refractivity contribution in [3.63, 3.8) is 0 Å². The predicted octanol–water partition coefficient (Wildman–Crippen LogP) is 4.34. The van der Waals surface area contributed by atoms with Crippen LogP contribution in [0.5, 0.6) is 0 Å². The second kappa shape index (κ2) is 8.24. The lowest BCUT2D eigenvalue weighted by Gasteiger charge is -2.13. The maximum atomic E-state index is 13.8. The van der Waals surface area contributed by atoms with Crippen LogP contribution < -0.4 is 5.32 Å². The van der Waals surface area contributed by atoms with Crippen LogP contribution in [0.1, 0.15) is 25.5 Å². The number of rotatable bonds is 4. The zero-order valence-electron chi connectivity index (χ0n) is 17.9. The molecule has 1 aromatic carbocycles. The number of aromatic nitrogens is 6. The van der Waals surface area contributed by atoms with Crippen LogP contribution >= 0.6 is 11.8 Å². The molecule has 174 valence electrons. The van der Waals surface area contributed by atoms with Gasteiger partial charge in [-0.1, -0.05) is 6.07 Å². The van der Waals surface area contributed by atoms with Crippen LogP contribution in [0.3, 0.4) is 0 Å². The van der Waals surface area contributed by atoms with E-state index in [2.05, 4.69) is 30.5 Å². The van der Waals surface area contributed by atoms with Gasteiger partial charge in [-0.25, -0.2) is 15.0 Å². The van der Waals surface area contributed by atoms with Gasteiger partial charge in [-0.15, -0.1) is 16.9 Å². The topological polar surface area (TPSA) is 102 Å². The molecule has 0 fully saturated rings. The molecule has 0 saturated heterocycles. The molecule has 3 aromatic heterocycles. The van der Waals surface area contributed by atoms with Crippen LogP contribution in [0.4, 0.5) is 19.1 Å². The standard InChI is InChI=1S/C21H17F3N8OS/c1-11(2)31-9-12(8-26-31)17-29-18-13-4-3-5-14(21(22,23)24)16(13)28-20(32(18)30-17)27-15-10-34-7-6-25-19(15)33/h3-6,8-11H,7H2,1-2H3,(H,27,28). The number of thioether (sulfide) groups is 1. The number of para-hydroxylation sites is 1. The van der Waals surface area contributed by atoms with Gasteiger partial charge < -0.3 is 5.32 Å². The summed E-state index contributed by atoms with van der Waals surface area (Å²) in [5.41, 5.74) is -0.404. The Labute approximate surface area is 194 Å². The minimum absolute atomic E-state index is 0.0704. The van der Waals surface area contributed by atoms with Crippen LogP contribution in [-0.4, -0.2) is 47.2 Å². The molecule has 0 saturated carbocycles. The van der Waals surface area contributed by atoms with Gasteiger partial charge in [0, 0.05) is 35.0 Å². The summed E-state index contributed by atoms with van der Waals surface area (Å²) in [7, 11) is 0. The van der Waals surface area contributed by atoms with Gasteiger partial charge in [-0.05, 0) is 26.0 Å². The smallest absolute Gasteiger partial charge is 0.319 e. The van der Waals surface area contributed by atoms with E-state index in [4.69, 9.17) is 0 Å². The number of hydrogen-bond donors (Lipinski definition) is 1. The fraction of sp³-hybridized carbons (Fsp3) is 0.238. The van der Waals surface area contributed by atoms with Gasteiger partial charge in [0.25, 0.3) is 5.91 Å². The third-order valence-electron chi connectivity index (χ3n) is 5.05. The lowest BCUT2D eigenvalue weighted by atomic mass is 10.1. The molecule has 0 atom stereocenters. The first kappa shape index (κ1) is 22.1. The van der Waals surface area contributed by atoms with Gasteiger partial charge >= 0.3 is 6.18 Å². The number of fused-ring (bicyclic) bond motifs is 3. The molecule has 0 bridgehead atoms. The number of alkyl halides is 3. The number of hydrogen-bond acceptors (Lipinski definition) is 7. The molecule has 1 N–H and O–H groups in total. The van der Waals surface area contributed by atoms with Gasteiger partial charge in [0.1, 0.15) is 5.70 Å². The maximum absolute atomic E-state index is 13.8. The van der Waals surface area contributed by atoms with E-state index in [-0.39, 0.29) is 40.1 Å². The van der Waals surface area contributed by atoms with Crippen LogP contribution in [0.15, 0.2) is 46.7 Å². The summed E-state index contributed by atoms with van der Waals surface area (Å²) in [4.78, 5) is 24.9. The maximum Gasteiger partial charge on any atom is 0.418 e. The molecule has 4 heterocycles. The van der Waals surface area contributed by atoms with E-state index < -0.39 is 17.6 Å². The fourth-order valence-corrected chi connectivity index (χ4v) is 4.00. The molecule has 1 aliphatic heterocycles. The Morgan fingerprint density at radius 2 is 2.03 bits per heavy atom. The molecule has 1 aliphatic rings. The number of nitrogens with zero attached hydrogens (tertiary/aromatic N) is 7. The summed E-state index contributed by atoms with van der Waals surface area (Å²) in [5, 5.41) is 13.3. The number of aliphatic imine (C=N–C) groups is 1. The Bertz CT molecular complexity index is 1480. The number of amides is 1. The summed E-state index contributed by atoms with van der Waals surface area (Å²) >= 11 is 1.31. The predicted molar refractivity (Wildman–Crippen MR) is 123 cm³/mol. The molecule has 34 heavy (non-hydrogen) atoms. The molecule has 0 aliphatic carbocycles. The summed E-state index contributed by atoms with van der Waals surface area (Å²) in [5.74, 6) is 0.0904. The quantitative estimate of drug-likeness (QED) is 0.458. The molecule has 4 aromatic rings. The van der Waals surface area contributed by atoms with Gasteiger partial charge in [0.15, 0.2) is 11.5 Å². The van der Waals surface area contributed by atoms with Crippen molar-refractivity contribution in [2.45, 2.75) is 26.1 Å². The summed E-state index contributed by atoms with van der Waals surface area (Å²) in [6.45, 7) is 3.92. The van der Waals surface area contributed by atoms with Gasteiger partial charge in [-0.3, -0.25) is 9.48 Å². The number of nitrogens with one attached hydrogen (secondary N) is 1. The van der Waals surface area contributed by atoms with Crippen molar-refractivity contribution in [2.75, 3.05) is 11.1 Å². The molecule has 5 rings (SSSR count).